The summed E-state index contributed by atoms with van der Waals surface area (Å²) in [6.07, 6.45) is 3.86. The van der Waals surface area contributed by atoms with Crippen LogP contribution in [0.3, 0.4) is 0 Å². The highest BCUT2D eigenvalue weighted by atomic mass is 19.1. The molecule has 2 atom stereocenters. The maximum atomic E-state index is 14.0. The van der Waals surface area contributed by atoms with Crippen LogP contribution in [0.5, 0.6) is 5.75 Å². The van der Waals surface area contributed by atoms with Crippen molar-refractivity contribution >= 4 is 16.8 Å². The first-order valence-electron chi connectivity index (χ1n) is 11.4. The first-order valence-corrected chi connectivity index (χ1v) is 11.4. The number of imidazole rings is 1. The molecule has 9 heteroatoms. The number of primary amides is 1. The third kappa shape index (κ3) is 3.81. The van der Waals surface area contributed by atoms with E-state index in [2.05, 4.69) is 25.1 Å². The average Bonchev–Trinajstić information content (AvgIpc) is 3.54. The number of carbonyl (C=O) groups is 1. The van der Waals surface area contributed by atoms with Crippen molar-refractivity contribution in [3.8, 4) is 28.4 Å². The van der Waals surface area contributed by atoms with Crippen molar-refractivity contribution in [2.24, 2.45) is 11.7 Å². The van der Waals surface area contributed by atoms with Gasteiger partial charge in [0.15, 0.2) is 17.4 Å². The molecule has 1 aliphatic rings. The number of likely N-dealkylation sites (N-methyl/N-ethyl adjacent to an activating group) is 1. The molecule has 0 spiro atoms. The van der Waals surface area contributed by atoms with Crippen LogP contribution in [-0.4, -0.2) is 55.7 Å². The molecule has 176 valence electrons. The van der Waals surface area contributed by atoms with Crippen molar-refractivity contribution in [2.75, 3.05) is 13.6 Å². The summed E-state index contributed by atoms with van der Waals surface area (Å²) in [7, 11) is 2.01. The number of fused-ring (bicyclic) bond motifs is 1. The summed E-state index contributed by atoms with van der Waals surface area (Å²) in [5.74, 6) is -0.783. The third-order valence-corrected chi connectivity index (χ3v) is 6.90. The Hall–Kier alpha value is -3.72. The minimum atomic E-state index is -0.646. The molecular formula is C25H27FN6O2. The number of aromatic nitrogens is 4. The van der Waals surface area contributed by atoms with E-state index < -0.39 is 5.82 Å². The number of aromatic hydroxyl groups is 1. The zero-order chi connectivity index (χ0) is 24.0. The lowest BCUT2D eigenvalue weighted by atomic mass is 9.96. The molecule has 1 amide bonds. The highest BCUT2D eigenvalue weighted by Gasteiger charge is 2.35. The molecule has 8 nitrogen and oxygen atoms in total. The molecule has 5 N–H and O–H groups in total. The summed E-state index contributed by atoms with van der Waals surface area (Å²) in [6, 6.07) is 8.66. The molecule has 34 heavy (non-hydrogen) atoms. The van der Waals surface area contributed by atoms with E-state index >= 15 is 0 Å². The quantitative estimate of drug-likeness (QED) is 0.350. The number of phenolic OH excluding ortho intramolecular Hbond substituents is 1. The van der Waals surface area contributed by atoms with Crippen molar-refractivity contribution in [3.05, 3.63) is 53.6 Å². The average molecular weight is 463 g/mol. The third-order valence-electron chi connectivity index (χ3n) is 6.90. The van der Waals surface area contributed by atoms with E-state index in [9.17, 15) is 14.3 Å². The SMILES string of the molecule is CCc1cc(O)c(F)cc1-c1ccc2c(-c3ncc(CC4C(C(N)=O)CCN4C)[nH]3)n[nH]c2c1. The van der Waals surface area contributed by atoms with Crippen LogP contribution in [0, 0.1) is 11.7 Å². The molecule has 0 bridgehead atoms. The molecule has 0 aliphatic carbocycles. The number of aromatic amines is 2. The topological polar surface area (TPSA) is 124 Å². The predicted octanol–water partition coefficient (Wildman–Crippen LogP) is 3.38. The van der Waals surface area contributed by atoms with E-state index in [1.54, 1.807) is 6.20 Å². The molecule has 2 aromatic heterocycles. The van der Waals surface area contributed by atoms with Crippen LogP contribution in [0.4, 0.5) is 4.39 Å². The van der Waals surface area contributed by atoms with Gasteiger partial charge >= 0.3 is 0 Å². The van der Waals surface area contributed by atoms with Crippen molar-refractivity contribution in [1.29, 1.82) is 0 Å². The first-order chi connectivity index (χ1) is 16.4. The number of hydrogen-bond acceptors (Lipinski definition) is 5. The number of carbonyl (C=O) groups excluding carboxylic acids is 1. The standard InChI is InChI=1S/C25H27FN6O2/c1-3-13-9-22(33)19(26)11-18(13)14-4-5-16-20(8-14)30-31-23(16)25-28-12-15(29-25)10-21-17(24(27)34)6-7-32(21)2/h4-5,8-9,11-12,17,21,33H,3,6-7,10H2,1-2H3,(H2,27,34)(H,28,29)(H,30,31). The van der Waals surface area contributed by atoms with E-state index in [0.29, 0.717) is 24.4 Å². The molecule has 5 rings (SSSR count). The number of hydrogen-bond donors (Lipinski definition) is 4. The second-order valence-electron chi connectivity index (χ2n) is 8.95. The Labute approximate surface area is 196 Å². The van der Waals surface area contributed by atoms with Crippen molar-refractivity contribution in [1.82, 2.24) is 25.1 Å². The van der Waals surface area contributed by atoms with Gasteiger partial charge in [0.1, 0.15) is 5.69 Å². The summed E-state index contributed by atoms with van der Waals surface area (Å²) < 4.78 is 14.0. The summed E-state index contributed by atoms with van der Waals surface area (Å²) in [5.41, 5.74) is 10.4. The minimum absolute atomic E-state index is 0.0442. The van der Waals surface area contributed by atoms with Crippen LogP contribution in [0.15, 0.2) is 36.5 Å². The smallest absolute Gasteiger partial charge is 0.222 e. The normalized spacial score (nSPS) is 18.7. The van der Waals surface area contributed by atoms with Gasteiger partial charge in [0, 0.05) is 29.7 Å². The zero-order valence-corrected chi connectivity index (χ0v) is 19.1. The summed E-state index contributed by atoms with van der Waals surface area (Å²) in [5, 5.41) is 18.1. The van der Waals surface area contributed by atoms with Crippen LogP contribution in [0.2, 0.25) is 0 Å². The lowest BCUT2D eigenvalue weighted by Gasteiger charge is -2.22. The van der Waals surface area contributed by atoms with E-state index in [-0.39, 0.29) is 23.6 Å². The Morgan fingerprint density at radius 3 is 2.91 bits per heavy atom. The second kappa shape index (κ2) is 8.57. The van der Waals surface area contributed by atoms with Crippen LogP contribution < -0.4 is 5.73 Å². The molecule has 0 radical (unpaired) electrons. The lowest BCUT2D eigenvalue weighted by molar-refractivity contribution is -0.122. The number of nitrogens with two attached hydrogens (primary N) is 1. The van der Waals surface area contributed by atoms with E-state index in [4.69, 9.17) is 5.73 Å². The highest BCUT2D eigenvalue weighted by Crippen LogP contribution is 2.33. The Morgan fingerprint density at radius 1 is 1.32 bits per heavy atom. The van der Waals surface area contributed by atoms with Gasteiger partial charge in [-0.25, -0.2) is 9.37 Å². The number of nitrogens with one attached hydrogen (secondary N) is 2. The van der Waals surface area contributed by atoms with Crippen molar-refractivity contribution in [2.45, 2.75) is 32.2 Å². The molecule has 1 aliphatic heterocycles. The van der Waals surface area contributed by atoms with Gasteiger partial charge in [0.2, 0.25) is 5.91 Å². The zero-order valence-electron chi connectivity index (χ0n) is 19.1. The highest BCUT2D eigenvalue weighted by molar-refractivity contribution is 5.94. The van der Waals surface area contributed by atoms with E-state index in [1.807, 2.05) is 32.2 Å². The van der Waals surface area contributed by atoms with Gasteiger partial charge in [-0.05, 0) is 67.4 Å². The van der Waals surface area contributed by atoms with Gasteiger partial charge in [-0.15, -0.1) is 0 Å². The molecule has 2 unspecified atom stereocenters. The number of benzene rings is 2. The van der Waals surface area contributed by atoms with Crippen LogP contribution in [0.1, 0.15) is 24.6 Å². The van der Waals surface area contributed by atoms with Crippen molar-refractivity contribution in [3.63, 3.8) is 0 Å². The molecule has 2 aromatic carbocycles. The number of rotatable bonds is 6. The molecule has 4 aromatic rings. The number of phenols is 1. The minimum Gasteiger partial charge on any atom is -0.505 e. The maximum Gasteiger partial charge on any atom is 0.222 e. The van der Waals surface area contributed by atoms with Gasteiger partial charge in [0.05, 0.1) is 11.4 Å². The number of nitrogens with zero attached hydrogens (tertiary/aromatic N) is 3. The fourth-order valence-electron chi connectivity index (χ4n) is 4.98. The summed E-state index contributed by atoms with van der Waals surface area (Å²) in [6.45, 7) is 2.81. The largest absolute Gasteiger partial charge is 0.505 e. The summed E-state index contributed by atoms with van der Waals surface area (Å²) >= 11 is 0. The molecule has 1 saturated heterocycles. The fourth-order valence-corrected chi connectivity index (χ4v) is 4.98. The Morgan fingerprint density at radius 2 is 2.15 bits per heavy atom. The van der Waals surface area contributed by atoms with Gasteiger partial charge in [-0.2, -0.15) is 5.10 Å². The van der Waals surface area contributed by atoms with E-state index in [1.165, 1.54) is 12.1 Å². The maximum absolute atomic E-state index is 14.0. The molecule has 3 heterocycles. The summed E-state index contributed by atoms with van der Waals surface area (Å²) in [4.78, 5) is 21.8. The Bertz CT molecular complexity index is 1380. The molecular weight excluding hydrogens is 435 g/mol. The van der Waals surface area contributed by atoms with Gasteiger partial charge in [-0.1, -0.05) is 13.0 Å². The van der Waals surface area contributed by atoms with Crippen LogP contribution in [0.25, 0.3) is 33.5 Å². The monoisotopic (exact) mass is 462 g/mol. The number of likely N-dealkylation sites (tertiary alicyclic amines) is 1. The number of aryl methyl sites for hydroxylation is 1. The van der Waals surface area contributed by atoms with Gasteiger partial charge in [-0.3, -0.25) is 9.89 Å². The van der Waals surface area contributed by atoms with Gasteiger partial charge in [0.25, 0.3) is 0 Å². The van der Waals surface area contributed by atoms with Crippen LogP contribution in [-0.2, 0) is 17.6 Å². The number of H-pyrrole nitrogens is 2. The number of halogens is 1. The van der Waals surface area contributed by atoms with E-state index in [0.717, 1.165) is 46.3 Å². The predicted molar refractivity (Wildman–Crippen MR) is 128 cm³/mol. The first kappa shape index (κ1) is 22.1. The van der Waals surface area contributed by atoms with Crippen LogP contribution >= 0.6 is 0 Å². The molecule has 0 saturated carbocycles. The number of amides is 1. The fraction of sp³-hybridized carbons (Fsp3) is 0.320. The second-order valence-corrected chi connectivity index (χ2v) is 8.95. The van der Waals surface area contributed by atoms with Crippen molar-refractivity contribution < 1.29 is 14.3 Å². The van der Waals surface area contributed by atoms with Gasteiger partial charge < -0.3 is 20.7 Å². The lowest BCUT2D eigenvalue weighted by Crippen LogP contribution is -2.37. The molecule has 1 fully saturated rings. The Balaban J connectivity index is 1.44. The Kier molecular flexibility index (Phi) is 5.57.